The Morgan fingerprint density at radius 1 is 1.29 bits per heavy atom. The van der Waals surface area contributed by atoms with Crippen LogP contribution in [0.4, 0.5) is 0 Å². The van der Waals surface area contributed by atoms with Crippen molar-refractivity contribution in [3.05, 3.63) is 35.9 Å². The molecule has 1 amide bonds. The Hall–Kier alpha value is -2.28. The minimum Gasteiger partial charge on any atom is -0.480 e. The summed E-state index contributed by atoms with van der Waals surface area (Å²) < 4.78 is 0. The van der Waals surface area contributed by atoms with Crippen LogP contribution in [0.3, 0.4) is 0 Å². The number of hydrogen-bond donors (Lipinski definition) is 1. The van der Waals surface area contributed by atoms with Crippen LogP contribution in [0, 0.1) is 11.8 Å². The van der Waals surface area contributed by atoms with Gasteiger partial charge in [0.15, 0.2) is 0 Å². The fourth-order valence-corrected chi connectivity index (χ4v) is 1.22. The van der Waals surface area contributed by atoms with Gasteiger partial charge in [0.1, 0.15) is 6.54 Å². The van der Waals surface area contributed by atoms with E-state index in [0.29, 0.717) is 6.54 Å². The second kappa shape index (κ2) is 6.33. The number of aliphatic carboxylic acids is 1. The van der Waals surface area contributed by atoms with E-state index in [4.69, 9.17) is 5.11 Å². The number of benzene rings is 1. The van der Waals surface area contributed by atoms with Crippen molar-refractivity contribution in [1.82, 2.24) is 4.90 Å². The number of likely N-dealkylation sites (N-methyl/N-ethyl adjacent to an activating group) is 1. The highest BCUT2D eigenvalue weighted by Gasteiger charge is 2.11. The molecule has 0 aliphatic heterocycles. The second-order valence-corrected chi connectivity index (χ2v) is 3.33. The third-order valence-electron chi connectivity index (χ3n) is 2.08. The SMILES string of the molecule is CCN(CC(=O)O)C(=O)C#Cc1ccccc1. The van der Waals surface area contributed by atoms with Gasteiger partial charge in [-0.05, 0) is 19.1 Å². The zero-order valence-corrected chi connectivity index (χ0v) is 9.51. The van der Waals surface area contributed by atoms with E-state index >= 15 is 0 Å². The van der Waals surface area contributed by atoms with Gasteiger partial charge in [0.25, 0.3) is 5.91 Å². The standard InChI is InChI=1S/C13H13NO3/c1-2-14(10-13(16)17)12(15)9-8-11-6-4-3-5-7-11/h3-7H,2,10H2,1H3,(H,16,17). The Bertz CT molecular complexity index is 457. The lowest BCUT2D eigenvalue weighted by atomic mass is 10.2. The van der Waals surface area contributed by atoms with E-state index in [2.05, 4.69) is 11.8 Å². The molecule has 0 bridgehead atoms. The number of carboxylic acids is 1. The second-order valence-electron chi connectivity index (χ2n) is 3.33. The quantitative estimate of drug-likeness (QED) is 0.789. The third kappa shape index (κ3) is 4.39. The minimum atomic E-state index is -1.04. The fraction of sp³-hybridized carbons (Fsp3) is 0.231. The number of carbonyl (C=O) groups excluding carboxylic acids is 1. The maximum Gasteiger partial charge on any atom is 0.323 e. The van der Waals surface area contributed by atoms with Crippen molar-refractivity contribution in [1.29, 1.82) is 0 Å². The van der Waals surface area contributed by atoms with Crippen LogP contribution in [-0.4, -0.2) is 35.0 Å². The summed E-state index contributed by atoms with van der Waals surface area (Å²) in [7, 11) is 0. The zero-order chi connectivity index (χ0) is 12.7. The first-order chi connectivity index (χ1) is 8.13. The van der Waals surface area contributed by atoms with Crippen LogP contribution in [0.25, 0.3) is 0 Å². The molecule has 0 fully saturated rings. The molecule has 1 aromatic carbocycles. The van der Waals surface area contributed by atoms with Gasteiger partial charge in [0, 0.05) is 18.0 Å². The molecule has 88 valence electrons. The number of carboxylic acid groups (broad SMARTS) is 1. The molecule has 0 aromatic heterocycles. The van der Waals surface area contributed by atoms with Gasteiger partial charge in [-0.2, -0.15) is 0 Å². The number of nitrogens with zero attached hydrogens (tertiary/aromatic N) is 1. The number of carbonyl (C=O) groups is 2. The van der Waals surface area contributed by atoms with Crippen LogP contribution in [0.5, 0.6) is 0 Å². The summed E-state index contributed by atoms with van der Waals surface area (Å²) in [6.45, 7) is 1.72. The Morgan fingerprint density at radius 3 is 2.47 bits per heavy atom. The van der Waals surface area contributed by atoms with Gasteiger partial charge in [-0.25, -0.2) is 0 Å². The van der Waals surface area contributed by atoms with Crippen LogP contribution in [0.15, 0.2) is 30.3 Å². The summed E-state index contributed by atoms with van der Waals surface area (Å²) in [5.74, 6) is 3.61. The van der Waals surface area contributed by atoms with Crippen molar-refractivity contribution in [3.8, 4) is 11.8 Å². The Labute approximate surface area is 99.9 Å². The fourth-order valence-electron chi connectivity index (χ4n) is 1.22. The average Bonchev–Trinajstić information content (AvgIpc) is 2.34. The average molecular weight is 231 g/mol. The monoisotopic (exact) mass is 231 g/mol. The molecule has 1 N–H and O–H groups in total. The van der Waals surface area contributed by atoms with Gasteiger partial charge in [-0.15, -0.1) is 0 Å². The molecule has 0 radical (unpaired) electrons. The normalized spacial score (nSPS) is 9.00. The summed E-state index contributed by atoms with van der Waals surface area (Å²) in [5.41, 5.74) is 0.729. The molecule has 0 spiro atoms. The molecular weight excluding hydrogens is 218 g/mol. The van der Waals surface area contributed by atoms with Crippen LogP contribution in [0.2, 0.25) is 0 Å². The van der Waals surface area contributed by atoms with Crippen molar-refractivity contribution >= 4 is 11.9 Å². The van der Waals surface area contributed by atoms with Crippen LogP contribution < -0.4 is 0 Å². The topological polar surface area (TPSA) is 57.6 Å². The molecule has 0 saturated carbocycles. The summed E-state index contributed by atoms with van der Waals surface area (Å²) in [6.07, 6.45) is 0. The zero-order valence-electron chi connectivity index (χ0n) is 9.51. The highest BCUT2D eigenvalue weighted by Crippen LogP contribution is 1.95. The van der Waals surface area contributed by atoms with Crippen molar-refractivity contribution in [2.75, 3.05) is 13.1 Å². The van der Waals surface area contributed by atoms with E-state index in [1.807, 2.05) is 18.2 Å². The number of amides is 1. The van der Waals surface area contributed by atoms with Crippen molar-refractivity contribution < 1.29 is 14.7 Å². The molecular formula is C13H13NO3. The van der Waals surface area contributed by atoms with Gasteiger partial charge < -0.3 is 10.0 Å². The lowest BCUT2D eigenvalue weighted by Crippen LogP contribution is -2.34. The van der Waals surface area contributed by atoms with Crippen LogP contribution >= 0.6 is 0 Å². The first-order valence-electron chi connectivity index (χ1n) is 5.21. The molecule has 0 aliphatic rings. The van der Waals surface area contributed by atoms with Gasteiger partial charge in [0.05, 0.1) is 0 Å². The third-order valence-corrected chi connectivity index (χ3v) is 2.08. The number of hydrogen-bond acceptors (Lipinski definition) is 2. The molecule has 1 aromatic rings. The van der Waals surface area contributed by atoms with Crippen LogP contribution in [-0.2, 0) is 9.59 Å². The molecule has 1 rings (SSSR count). The van der Waals surface area contributed by atoms with E-state index in [1.165, 1.54) is 4.90 Å². The van der Waals surface area contributed by atoms with E-state index < -0.39 is 11.9 Å². The largest absolute Gasteiger partial charge is 0.480 e. The Balaban J connectivity index is 2.71. The number of rotatable bonds is 3. The van der Waals surface area contributed by atoms with Crippen molar-refractivity contribution in [3.63, 3.8) is 0 Å². The molecule has 0 atom stereocenters. The van der Waals surface area contributed by atoms with Gasteiger partial charge in [-0.3, -0.25) is 9.59 Å². The molecule has 0 saturated heterocycles. The predicted octanol–water partition coefficient (Wildman–Crippen LogP) is 0.971. The molecule has 0 unspecified atom stereocenters. The summed E-state index contributed by atoms with van der Waals surface area (Å²) in [6, 6.07) is 9.07. The maximum atomic E-state index is 11.6. The maximum absolute atomic E-state index is 11.6. The molecule has 0 heterocycles. The first-order valence-corrected chi connectivity index (χ1v) is 5.21. The molecule has 4 heteroatoms. The molecule has 0 aliphatic carbocycles. The smallest absolute Gasteiger partial charge is 0.323 e. The summed E-state index contributed by atoms with van der Waals surface area (Å²) in [5, 5.41) is 8.61. The van der Waals surface area contributed by atoms with E-state index in [9.17, 15) is 9.59 Å². The molecule has 4 nitrogen and oxygen atoms in total. The van der Waals surface area contributed by atoms with Crippen molar-refractivity contribution in [2.24, 2.45) is 0 Å². The van der Waals surface area contributed by atoms with Crippen LogP contribution in [0.1, 0.15) is 12.5 Å². The Morgan fingerprint density at radius 2 is 1.94 bits per heavy atom. The molecule has 17 heavy (non-hydrogen) atoms. The predicted molar refractivity (Wildman–Crippen MR) is 63.2 cm³/mol. The highest BCUT2D eigenvalue weighted by atomic mass is 16.4. The van der Waals surface area contributed by atoms with Gasteiger partial charge in [-0.1, -0.05) is 24.1 Å². The van der Waals surface area contributed by atoms with E-state index in [0.717, 1.165) is 5.56 Å². The van der Waals surface area contributed by atoms with E-state index in [1.54, 1.807) is 19.1 Å². The van der Waals surface area contributed by atoms with Gasteiger partial charge in [0.2, 0.25) is 0 Å². The minimum absolute atomic E-state index is 0.321. The first kappa shape index (κ1) is 12.8. The van der Waals surface area contributed by atoms with Gasteiger partial charge >= 0.3 is 5.97 Å². The highest BCUT2D eigenvalue weighted by molar-refractivity contribution is 5.95. The lowest BCUT2D eigenvalue weighted by Gasteiger charge is -2.14. The summed E-state index contributed by atoms with van der Waals surface area (Å²) >= 11 is 0. The summed E-state index contributed by atoms with van der Waals surface area (Å²) in [4.78, 5) is 23.3. The lowest BCUT2D eigenvalue weighted by molar-refractivity contribution is -0.142. The Kier molecular flexibility index (Phi) is 4.77. The van der Waals surface area contributed by atoms with Crippen molar-refractivity contribution in [2.45, 2.75) is 6.92 Å². The van der Waals surface area contributed by atoms with E-state index in [-0.39, 0.29) is 6.54 Å².